The first kappa shape index (κ1) is 21.0. The third kappa shape index (κ3) is 4.32. The number of hydrogen-bond acceptors (Lipinski definition) is 4. The van der Waals surface area contributed by atoms with Crippen molar-refractivity contribution in [1.29, 1.82) is 0 Å². The number of nitrogens with zero attached hydrogens (tertiary/aromatic N) is 2. The highest BCUT2D eigenvalue weighted by atomic mass is 19.1. The summed E-state index contributed by atoms with van der Waals surface area (Å²) in [5.41, 5.74) is 1.32. The molecule has 3 aliphatic rings. The van der Waals surface area contributed by atoms with E-state index in [4.69, 9.17) is 4.74 Å². The first-order chi connectivity index (χ1) is 15.0. The van der Waals surface area contributed by atoms with Gasteiger partial charge in [0.05, 0.1) is 30.0 Å². The molecule has 1 aromatic rings. The molecule has 0 aromatic heterocycles. The maximum Gasteiger partial charge on any atom is 0.322 e. The second-order valence-corrected chi connectivity index (χ2v) is 7.80. The van der Waals surface area contributed by atoms with E-state index in [-0.39, 0.29) is 37.6 Å². The van der Waals surface area contributed by atoms with Gasteiger partial charge in [-0.2, -0.15) is 0 Å². The molecule has 1 saturated heterocycles. The van der Waals surface area contributed by atoms with Gasteiger partial charge in [-0.05, 0) is 30.5 Å². The van der Waals surface area contributed by atoms with Gasteiger partial charge < -0.3 is 20.3 Å². The van der Waals surface area contributed by atoms with E-state index in [1.54, 1.807) is 12.1 Å². The number of carbonyl (C=O) groups excluding carboxylic acids is 3. The van der Waals surface area contributed by atoms with Crippen molar-refractivity contribution in [2.45, 2.75) is 25.0 Å². The summed E-state index contributed by atoms with van der Waals surface area (Å²) >= 11 is 0. The average molecular weight is 428 g/mol. The van der Waals surface area contributed by atoms with Gasteiger partial charge in [-0.15, -0.1) is 6.58 Å². The van der Waals surface area contributed by atoms with Crippen LogP contribution in [-0.4, -0.2) is 66.5 Å². The van der Waals surface area contributed by atoms with Crippen molar-refractivity contribution in [2.75, 3.05) is 32.8 Å². The molecule has 8 nitrogen and oxygen atoms in total. The number of rotatable bonds is 7. The molecule has 4 amide bonds. The smallest absolute Gasteiger partial charge is 0.322 e. The van der Waals surface area contributed by atoms with E-state index in [1.807, 2.05) is 0 Å². The van der Waals surface area contributed by atoms with Crippen LogP contribution < -0.4 is 10.6 Å². The lowest BCUT2D eigenvalue weighted by Gasteiger charge is -2.33. The van der Waals surface area contributed by atoms with Crippen molar-refractivity contribution in [2.24, 2.45) is 0 Å². The van der Waals surface area contributed by atoms with Crippen LogP contribution in [-0.2, 0) is 14.3 Å². The van der Waals surface area contributed by atoms with E-state index in [1.165, 1.54) is 28.0 Å². The lowest BCUT2D eigenvalue weighted by atomic mass is 9.95. The molecular weight excluding hydrogens is 403 g/mol. The van der Waals surface area contributed by atoms with Gasteiger partial charge >= 0.3 is 6.03 Å². The predicted molar refractivity (Wildman–Crippen MR) is 110 cm³/mol. The van der Waals surface area contributed by atoms with Gasteiger partial charge in [0.25, 0.3) is 5.91 Å². The molecule has 3 heterocycles. The summed E-state index contributed by atoms with van der Waals surface area (Å²) in [5, 5.41) is 5.59. The topological polar surface area (TPSA) is 91.0 Å². The van der Waals surface area contributed by atoms with E-state index >= 15 is 0 Å². The first-order valence-corrected chi connectivity index (χ1v) is 10.3. The molecule has 4 rings (SSSR count). The quantitative estimate of drug-likeness (QED) is 0.644. The fraction of sp³-hybridized carbons (Fsp3) is 0.409. The summed E-state index contributed by atoms with van der Waals surface area (Å²) in [6.07, 6.45) is 3.45. The number of halogens is 1. The monoisotopic (exact) mass is 428 g/mol. The maximum atomic E-state index is 13.8. The number of benzene rings is 1. The Morgan fingerprint density at radius 2 is 2.23 bits per heavy atom. The number of ether oxygens (including phenoxy) is 1. The number of nitrogens with one attached hydrogen (secondary N) is 2. The van der Waals surface area contributed by atoms with E-state index in [0.717, 1.165) is 12.8 Å². The summed E-state index contributed by atoms with van der Waals surface area (Å²) in [7, 11) is 0. The Labute approximate surface area is 179 Å². The van der Waals surface area contributed by atoms with Gasteiger partial charge in [0.1, 0.15) is 12.4 Å². The van der Waals surface area contributed by atoms with Gasteiger partial charge in [-0.1, -0.05) is 18.2 Å². The van der Waals surface area contributed by atoms with Crippen molar-refractivity contribution in [3.8, 4) is 0 Å². The lowest BCUT2D eigenvalue weighted by Crippen LogP contribution is -2.47. The highest BCUT2D eigenvalue weighted by Gasteiger charge is 2.44. The average Bonchev–Trinajstić information content (AvgIpc) is 3.37. The Balaban J connectivity index is 1.53. The molecular formula is C22H25FN4O4. The fourth-order valence-electron chi connectivity index (χ4n) is 4.20. The molecule has 0 unspecified atom stereocenters. The fourth-order valence-corrected chi connectivity index (χ4v) is 4.20. The molecule has 1 aromatic carbocycles. The standard InChI is InChI=1S/C22H25FN4O4/c1-2-8-27-17-12-26(13-18(28)24-11-16-7-4-9-31-16)21(29)19(17)20(25-22(27)30)14-5-3-6-15(23)10-14/h2-3,5-6,10,16,20H,1,4,7-9,11-13H2,(H,24,28)(H,25,30)/t16-,20-/m1/s1. The van der Waals surface area contributed by atoms with Crippen molar-refractivity contribution in [1.82, 2.24) is 20.4 Å². The van der Waals surface area contributed by atoms with Gasteiger partial charge in [0.2, 0.25) is 5.91 Å². The van der Waals surface area contributed by atoms with Gasteiger partial charge in [-0.25, -0.2) is 9.18 Å². The second-order valence-electron chi connectivity index (χ2n) is 7.80. The SMILES string of the molecule is C=CCN1C(=O)N[C@H](c2cccc(F)c2)C2=C1CN(CC(=O)NC[C@H]1CCCO1)C2=O. The third-order valence-corrected chi connectivity index (χ3v) is 5.68. The number of hydrogen-bond donors (Lipinski definition) is 2. The van der Waals surface area contributed by atoms with Crippen LogP contribution in [0.25, 0.3) is 0 Å². The molecule has 164 valence electrons. The largest absolute Gasteiger partial charge is 0.376 e. The van der Waals surface area contributed by atoms with E-state index in [2.05, 4.69) is 17.2 Å². The van der Waals surface area contributed by atoms with Crippen LogP contribution in [0.3, 0.4) is 0 Å². The zero-order valence-corrected chi connectivity index (χ0v) is 17.1. The van der Waals surface area contributed by atoms with E-state index < -0.39 is 17.9 Å². The minimum Gasteiger partial charge on any atom is -0.376 e. The predicted octanol–water partition coefficient (Wildman–Crippen LogP) is 1.47. The van der Waals surface area contributed by atoms with Crippen molar-refractivity contribution >= 4 is 17.8 Å². The Bertz CT molecular complexity index is 941. The highest BCUT2D eigenvalue weighted by molar-refractivity contribution is 6.03. The van der Waals surface area contributed by atoms with Crippen molar-refractivity contribution in [3.63, 3.8) is 0 Å². The summed E-state index contributed by atoms with van der Waals surface area (Å²) < 4.78 is 19.3. The maximum absolute atomic E-state index is 13.8. The Kier molecular flexibility index (Phi) is 6.03. The van der Waals surface area contributed by atoms with Crippen LogP contribution in [0.15, 0.2) is 48.2 Å². The summed E-state index contributed by atoms with van der Waals surface area (Å²) in [4.78, 5) is 41.2. The Morgan fingerprint density at radius 3 is 2.94 bits per heavy atom. The molecule has 0 spiro atoms. The lowest BCUT2D eigenvalue weighted by molar-refractivity contribution is -0.132. The van der Waals surface area contributed by atoms with Crippen molar-refractivity contribution in [3.05, 3.63) is 59.6 Å². The Morgan fingerprint density at radius 1 is 1.39 bits per heavy atom. The van der Waals surface area contributed by atoms with Crippen LogP contribution in [0.5, 0.6) is 0 Å². The minimum absolute atomic E-state index is 0.00632. The first-order valence-electron chi connectivity index (χ1n) is 10.3. The number of carbonyl (C=O) groups is 3. The van der Waals surface area contributed by atoms with Crippen molar-refractivity contribution < 1.29 is 23.5 Å². The zero-order valence-electron chi connectivity index (χ0n) is 17.1. The molecule has 1 fully saturated rings. The van der Waals surface area contributed by atoms with Gasteiger partial charge in [0, 0.05) is 19.7 Å². The second kappa shape index (κ2) is 8.89. The van der Waals surface area contributed by atoms with E-state index in [0.29, 0.717) is 30.0 Å². The molecule has 2 N–H and O–H groups in total. The number of amides is 4. The van der Waals surface area contributed by atoms with Crippen LogP contribution in [0.2, 0.25) is 0 Å². The Hall–Kier alpha value is -3.20. The summed E-state index contributed by atoms with van der Waals surface area (Å²) in [6.45, 7) is 4.98. The third-order valence-electron chi connectivity index (χ3n) is 5.68. The minimum atomic E-state index is -0.785. The summed E-state index contributed by atoms with van der Waals surface area (Å²) in [5.74, 6) is -1.11. The van der Waals surface area contributed by atoms with E-state index in [9.17, 15) is 18.8 Å². The number of urea groups is 1. The molecule has 0 aliphatic carbocycles. The van der Waals surface area contributed by atoms with Crippen LogP contribution in [0.4, 0.5) is 9.18 Å². The van der Waals surface area contributed by atoms with Crippen LogP contribution in [0, 0.1) is 5.82 Å². The molecule has 3 aliphatic heterocycles. The molecule has 0 radical (unpaired) electrons. The molecule has 9 heteroatoms. The van der Waals surface area contributed by atoms with Crippen LogP contribution in [0.1, 0.15) is 24.4 Å². The normalized spacial score (nSPS) is 23.1. The van der Waals surface area contributed by atoms with Crippen LogP contribution >= 0.6 is 0 Å². The molecule has 31 heavy (non-hydrogen) atoms. The highest BCUT2D eigenvalue weighted by Crippen LogP contribution is 2.36. The van der Waals surface area contributed by atoms with Gasteiger partial charge in [-0.3, -0.25) is 14.5 Å². The molecule has 0 bridgehead atoms. The molecule has 2 atom stereocenters. The summed E-state index contributed by atoms with van der Waals surface area (Å²) in [6, 6.07) is 4.60. The molecule has 0 saturated carbocycles. The zero-order chi connectivity index (χ0) is 22.0. The van der Waals surface area contributed by atoms with Gasteiger partial charge in [0.15, 0.2) is 0 Å².